The Kier molecular flexibility index (Phi) is 1.05. The van der Waals surface area contributed by atoms with E-state index in [4.69, 9.17) is 4.11 Å². The van der Waals surface area contributed by atoms with Gasteiger partial charge in [-0.1, -0.05) is 24.9 Å². The molecule has 0 spiro atoms. The Bertz CT molecular complexity index is 305. The zero-order chi connectivity index (χ0) is 11.3. The van der Waals surface area contributed by atoms with E-state index in [1.807, 2.05) is 34.6 Å². The highest BCUT2D eigenvalue weighted by Gasteiger charge is 2.30. The Morgan fingerprint density at radius 1 is 1.00 bits per heavy atom. The van der Waals surface area contributed by atoms with Crippen LogP contribution < -0.4 is 0 Å². The van der Waals surface area contributed by atoms with Gasteiger partial charge in [-0.05, 0) is 38.8 Å². The summed E-state index contributed by atoms with van der Waals surface area (Å²) < 4.78 is 22.9. The maximum atomic E-state index is 7.63. The van der Waals surface area contributed by atoms with Gasteiger partial charge in [0.25, 0.3) is 0 Å². The minimum Gasteiger partial charge on any atom is -0.0604 e. The average Bonchev–Trinajstić information content (AvgIpc) is 2.21. The molecule has 0 radical (unpaired) electrons. The van der Waals surface area contributed by atoms with Crippen LogP contribution in [-0.2, 0) is 0 Å². The summed E-state index contributed by atoms with van der Waals surface area (Å²) in [4.78, 5) is 0. The third-order valence-electron chi connectivity index (χ3n) is 3.19. The molecule has 0 heteroatoms. The van der Waals surface area contributed by atoms with Crippen LogP contribution in [0, 0.1) is 5.41 Å². The molecule has 0 heterocycles. The molecule has 0 aromatic heterocycles. The fourth-order valence-corrected chi connectivity index (χ4v) is 1.59. The first-order chi connectivity index (χ1) is 6.14. The zero-order valence-electron chi connectivity index (χ0n) is 11.0. The Labute approximate surface area is 74.2 Å². The number of hydrogen-bond acceptors (Lipinski definition) is 0. The van der Waals surface area contributed by atoms with Gasteiger partial charge in [0.1, 0.15) is 0 Å². The third-order valence-corrected chi connectivity index (χ3v) is 3.19. The Balaban J connectivity index is 3.42. The lowest BCUT2D eigenvalue weighted by atomic mass is 9.82. The molecule has 0 aromatic carbocycles. The van der Waals surface area contributed by atoms with Crippen molar-refractivity contribution < 1.29 is 4.11 Å². The number of hydrogen-bond donors (Lipinski definition) is 0. The van der Waals surface area contributed by atoms with Gasteiger partial charge >= 0.3 is 0 Å². The summed E-state index contributed by atoms with van der Waals surface area (Å²) >= 11 is 0. The van der Waals surface area contributed by atoms with Crippen molar-refractivity contribution in [1.82, 2.24) is 0 Å². The van der Waals surface area contributed by atoms with Crippen LogP contribution in [0.1, 0.15) is 45.6 Å². The van der Waals surface area contributed by atoms with Crippen molar-refractivity contribution in [1.29, 1.82) is 0 Å². The van der Waals surface area contributed by atoms with Crippen LogP contribution in [-0.4, -0.2) is 0 Å². The Morgan fingerprint density at radius 3 is 1.55 bits per heavy atom. The van der Waals surface area contributed by atoms with Crippen LogP contribution >= 0.6 is 0 Å². The van der Waals surface area contributed by atoms with Gasteiger partial charge in [0, 0.05) is 9.53 Å². The number of allylic oxidation sites excluding steroid dienone is 4. The number of rotatable bonds is 0. The molecule has 0 N–H and O–H groups in total. The summed E-state index contributed by atoms with van der Waals surface area (Å²) in [5, 5.41) is 0. The monoisotopic (exact) mass is 153 g/mol. The second-order valence-corrected chi connectivity index (χ2v) is 3.62. The van der Waals surface area contributed by atoms with Gasteiger partial charge in [0.2, 0.25) is 0 Å². The molecule has 1 rings (SSSR count). The van der Waals surface area contributed by atoms with Crippen LogP contribution in [0.5, 0.6) is 0 Å². The lowest BCUT2D eigenvalue weighted by Crippen LogP contribution is -2.11. The first kappa shape index (κ1) is 5.18. The second kappa shape index (κ2) is 2.23. The molecular weight excluding hydrogens is 132 g/mol. The smallest absolute Gasteiger partial charge is 0.0243 e. The van der Waals surface area contributed by atoms with E-state index < -0.39 is 12.3 Å². The molecule has 0 bridgehead atoms. The minimum atomic E-state index is -1.94. The molecule has 0 saturated heterocycles. The predicted octanol–water partition coefficient (Wildman–Crippen LogP) is 3.70. The zero-order valence-corrected chi connectivity index (χ0v) is 8.00. The van der Waals surface area contributed by atoms with E-state index >= 15 is 0 Å². The molecule has 11 heavy (non-hydrogen) atoms. The average molecular weight is 153 g/mol. The van der Waals surface area contributed by atoms with Crippen LogP contribution in [0.4, 0.5) is 0 Å². The fraction of sp³-hybridized carbons (Fsp3) is 0.636. The molecule has 0 atom stereocenters. The lowest BCUT2D eigenvalue weighted by molar-refractivity contribution is 0.547. The van der Waals surface area contributed by atoms with Gasteiger partial charge in [0.05, 0.1) is 0 Å². The standard InChI is InChI=1S/C11H18/c1-7-8(2)10(4)11(5,6)9(7)3/h1-6H3/i5D3. The van der Waals surface area contributed by atoms with E-state index in [0.717, 1.165) is 22.3 Å². The summed E-state index contributed by atoms with van der Waals surface area (Å²) in [6.45, 7) is 7.75. The van der Waals surface area contributed by atoms with Crippen LogP contribution in [0.15, 0.2) is 22.3 Å². The summed E-state index contributed by atoms with van der Waals surface area (Å²) in [5.41, 5.74) is 3.52. The maximum Gasteiger partial charge on any atom is 0.0243 e. The van der Waals surface area contributed by atoms with Crippen LogP contribution in [0.3, 0.4) is 0 Å². The molecule has 62 valence electrons. The van der Waals surface area contributed by atoms with Gasteiger partial charge in [-0.2, -0.15) is 0 Å². The van der Waals surface area contributed by atoms with E-state index in [2.05, 4.69) is 0 Å². The highest BCUT2D eigenvalue weighted by molar-refractivity contribution is 5.49. The van der Waals surface area contributed by atoms with E-state index in [1.165, 1.54) is 0 Å². The molecular formula is C11H18. The van der Waals surface area contributed by atoms with Crippen molar-refractivity contribution in [3.8, 4) is 0 Å². The van der Waals surface area contributed by atoms with Gasteiger partial charge in [-0.3, -0.25) is 0 Å². The molecule has 0 aliphatic heterocycles. The van der Waals surface area contributed by atoms with Crippen molar-refractivity contribution in [2.45, 2.75) is 41.5 Å². The Morgan fingerprint density at radius 2 is 1.36 bits per heavy atom. The summed E-state index contributed by atoms with van der Waals surface area (Å²) in [5.74, 6) is 0. The van der Waals surface area contributed by atoms with Crippen LogP contribution in [0.25, 0.3) is 0 Å². The van der Waals surface area contributed by atoms with Gasteiger partial charge in [0.15, 0.2) is 0 Å². The topological polar surface area (TPSA) is 0 Å². The molecule has 0 nitrogen and oxygen atoms in total. The van der Waals surface area contributed by atoms with Crippen molar-refractivity contribution >= 4 is 0 Å². The third kappa shape index (κ3) is 0.962. The largest absolute Gasteiger partial charge is 0.0604 e. The molecule has 0 amide bonds. The van der Waals surface area contributed by atoms with Crippen molar-refractivity contribution in [2.75, 3.05) is 0 Å². The molecule has 0 saturated carbocycles. The first-order valence-corrected chi connectivity index (χ1v) is 4.00. The van der Waals surface area contributed by atoms with E-state index in [0.29, 0.717) is 0 Å². The molecule has 0 unspecified atom stereocenters. The lowest BCUT2D eigenvalue weighted by Gasteiger charge is -2.22. The molecule has 1 aliphatic carbocycles. The predicted molar refractivity (Wildman–Crippen MR) is 50.5 cm³/mol. The van der Waals surface area contributed by atoms with E-state index in [1.54, 1.807) is 0 Å². The van der Waals surface area contributed by atoms with Gasteiger partial charge < -0.3 is 0 Å². The van der Waals surface area contributed by atoms with Gasteiger partial charge in [-0.15, -0.1) is 0 Å². The summed E-state index contributed by atoms with van der Waals surface area (Å²) in [6, 6.07) is 0. The minimum absolute atomic E-state index is 0.749. The quantitative estimate of drug-likeness (QED) is 0.498. The molecule has 1 aliphatic rings. The summed E-state index contributed by atoms with van der Waals surface area (Å²) in [6.07, 6.45) is 0. The fourth-order valence-electron chi connectivity index (χ4n) is 1.59. The SMILES string of the molecule is [2H]C([2H])([2H])C1(C)C(C)=C(C)C(C)=C1C. The first-order valence-electron chi connectivity index (χ1n) is 5.50. The van der Waals surface area contributed by atoms with Crippen LogP contribution in [0.2, 0.25) is 0 Å². The van der Waals surface area contributed by atoms with E-state index in [9.17, 15) is 0 Å². The van der Waals surface area contributed by atoms with Crippen molar-refractivity contribution in [3.63, 3.8) is 0 Å². The molecule has 0 aromatic rings. The maximum absolute atomic E-state index is 7.63. The normalized spacial score (nSPS) is 28.6. The van der Waals surface area contributed by atoms with Gasteiger partial charge in [-0.25, -0.2) is 0 Å². The van der Waals surface area contributed by atoms with Crippen molar-refractivity contribution in [2.24, 2.45) is 5.41 Å². The highest BCUT2D eigenvalue weighted by atomic mass is 14.4. The van der Waals surface area contributed by atoms with E-state index in [-0.39, 0.29) is 0 Å². The molecule has 0 fully saturated rings. The highest BCUT2D eigenvalue weighted by Crippen LogP contribution is 2.45. The van der Waals surface area contributed by atoms with Crippen molar-refractivity contribution in [3.05, 3.63) is 22.3 Å². The summed E-state index contributed by atoms with van der Waals surface area (Å²) in [7, 11) is 0. The second-order valence-electron chi connectivity index (χ2n) is 3.62. The Hall–Kier alpha value is -0.520.